The van der Waals surface area contributed by atoms with Gasteiger partial charge in [0.1, 0.15) is 10.7 Å². The number of amides is 1. The number of aromatic amines is 1. The van der Waals surface area contributed by atoms with Gasteiger partial charge in [-0.15, -0.1) is 0 Å². The van der Waals surface area contributed by atoms with Crippen LogP contribution in [0.25, 0.3) is 0 Å². The van der Waals surface area contributed by atoms with Crippen molar-refractivity contribution in [3.8, 4) is 0 Å². The van der Waals surface area contributed by atoms with Gasteiger partial charge in [-0.3, -0.25) is 0 Å². The van der Waals surface area contributed by atoms with E-state index >= 15 is 0 Å². The Morgan fingerprint density at radius 3 is 3.00 bits per heavy atom. The number of carbonyl (C=O) groups excluding carboxylic acids is 1. The van der Waals surface area contributed by atoms with Crippen molar-refractivity contribution < 1.29 is 9.53 Å². The Balaban J connectivity index is 1.64. The second-order valence-corrected chi connectivity index (χ2v) is 4.91. The minimum Gasteiger partial charge on any atom is -0.446 e. The zero-order chi connectivity index (χ0) is 12.1. The topological polar surface area (TPSA) is 67.0 Å². The number of alkyl carbamates (subject to hydrolysis) is 1. The van der Waals surface area contributed by atoms with Gasteiger partial charge < -0.3 is 15.0 Å². The smallest absolute Gasteiger partial charge is 0.407 e. The van der Waals surface area contributed by atoms with Gasteiger partial charge in [-0.05, 0) is 41.6 Å². The maximum absolute atomic E-state index is 11.4. The van der Waals surface area contributed by atoms with Crippen LogP contribution in [0.1, 0.15) is 31.4 Å². The van der Waals surface area contributed by atoms with Gasteiger partial charge in [-0.2, -0.15) is 0 Å². The van der Waals surface area contributed by atoms with Crippen LogP contribution in [0.4, 0.5) is 4.79 Å². The van der Waals surface area contributed by atoms with Crippen LogP contribution in [0.5, 0.6) is 0 Å². The van der Waals surface area contributed by atoms with E-state index in [1.54, 1.807) is 6.33 Å². The van der Waals surface area contributed by atoms with E-state index in [0.29, 0.717) is 13.0 Å². The Bertz CT molecular complexity index is 375. The van der Waals surface area contributed by atoms with Crippen molar-refractivity contribution in [1.29, 1.82) is 0 Å². The van der Waals surface area contributed by atoms with Gasteiger partial charge in [-0.25, -0.2) is 9.78 Å². The van der Waals surface area contributed by atoms with Crippen molar-refractivity contribution in [2.24, 2.45) is 0 Å². The number of aromatic nitrogens is 2. The fourth-order valence-corrected chi connectivity index (χ4v) is 2.38. The number of nitrogens with one attached hydrogen (secondary N) is 2. The molecule has 94 valence electrons. The van der Waals surface area contributed by atoms with Crippen LogP contribution in [0.2, 0.25) is 0 Å². The number of H-pyrrole nitrogens is 1. The number of nitrogens with zero attached hydrogens (tertiary/aromatic N) is 1. The first-order valence-corrected chi connectivity index (χ1v) is 6.67. The summed E-state index contributed by atoms with van der Waals surface area (Å²) in [5.41, 5.74) is 0.978. The van der Waals surface area contributed by atoms with Gasteiger partial charge in [-0.1, -0.05) is 0 Å². The number of hydrogen-bond donors (Lipinski definition) is 2. The number of ether oxygens (including phenoxy) is 1. The summed E-state index contributed by atoms with van der Waals surface area (Å²) in [7, 11) is 0. The number of halogens is 1. The third kappa shape index (κ3) is 3.73. The average molecular weight is 302 g/mol. The molecule has 0 radical (unpaired) electrons. The molecular formula is C11H16BrN3O2. The zero-order valence-corrected chi connectivity index (χ0v) is 11.1. The molecule has 1 heterocycles. The molecular weight excluding hydrogens is 286 g/mol. The SMILES string of the molecule is O=C(NCCc1[nH]cnc1Br)OC1CCCC1. The molecule has 1 aromatic heterocycles. The molecule has 5 nitrogen and oxygen atoms in total. The average Bonchev–Trinajstić information content (AvgIpc) is 2.91. The Hall–Kier alpha value is -1.04. The van der Waals surface area contributed by atoms with E-state index in [1.165, 1.54) is 12.8 Å². The van der Waals surface area contributed by atoms with Crippen molar-refractivity contribution in [3.05, 3.63) is 16.6 Å². The molecule has 0 aromatic carbocycles. The lowest BCUT2D eigenvalue weighted by Crippen LogP contribution is -2.29. The summed E-state index contributed by atoms with van der Waals surface area (Å²) >= 11 is 3.32. The van der Waals surface area contributed by atoms with Crippen molar-refractivity contribution in [2.75, 3.05) is 6.54 Å². The highest BCUT2D eigenvalue weighted by Crippen LogP contribution is 2.20. The number of rotatable bonds is 4. The summed E-state index contributed by atoms with van der Waals surface area (Å²) in [6.07, 6.45) is 6.47. The number of carbonyl (C=O) groups is 1. The molecule has 2 rings (SSSR count). The largest absolute Gasteiger partial charge is 0.446 e. The Labute approximate surface area is 108 Å². The molecule has 0 bridgehead atoms. The minimum absolute atomic E-state index is 0.119. The van der Waals surface area contributed by atoms with Gasteiger partial charge in [0.25, 0.3) is 0 Å². The first-order valence-electron chi connectivity index (χ1n) is 5.88. The number of imidazole rings is 1. The molecule has 17 heavy (non-hydrogen) atoms. The van der Waals surface area contributed by atoms with Crippen LogP contribution < -0.4 is 5.32 Å². The summed E-state index contributed by atoms with van der Waals surface area (Å²) < 4.78 is 6.07. The summed E-state index contributed by atoms with van der Waals surface area (Å²) in [4.78, 5) is 18.5. The van der Waals surface area contributed by atoms with E-state index < -0.39 is 0 Å². The quantitative estimate of drug-likeness (QED) is 0.897. The summed E-state index contributed by atoms with van der Waals surface area (Å²) in [6.45, 7) is 0.548. The van der Waals surface area contributed by atoms with E-state index in [9.17, 15) is 4.79 Å². The Kier molecular flexibility index (Phi) is 4.42. The highest BCUT2D eigenvalue weighted by Gasteiger charge is 2.18. The minimum atomic E-state index is -0.312. The molecule has 0 atom stereocenters. The molecule has 0 aliphatic heterocycles. The first kappa shape index (κ1) is 12.4. The van der Waals surface area contributed by atoms with Crippen molar-refractivity contribution in [2.45, 2.75) is 38.2 Å². The predicted octanol–water partition coefficient (Wildman–Crippen LogP) is 2.38. The standard InChI is InChI=1S/C11H16BrN3O2/c12-10-9(14-7-15-10)5-6-13-11(16)17-8-3-1-2-4-8/h7-8H,1-6H2,(H,13,16)(H,14,15). The molecule has 0 saturated heterocycles. The predicted molar refractivity (Wildman–Crippen MR) is 66.7 cm³/mol. The lowest BCUT2D eigenvalue weighted by Gasteiger charge is -2.11. The first-order chi connectivity index (χ1) is 8.25. The fraction of sp³-hybridized carbons (Fsp3) is 0.636. The van der Waals surface area contributed by atoms with Crippen LogP contribution in [0.3, 0.4) is 0 Å². The van der Waals surface area contributed by atoms with Crippen LogP contribution in [0.15, 0.2) is 10.9 Å². The van der Waals surface area contributed by atoms with Crippen LogP contribution in [-0.2, 0) is 11.2 Å². The van der Waals surface area contributed by atoms with Gasteiger partial charge in [0.15, 0.2) is 0 Å². The maximum atomic E-state index is 11.4. The van der Waals surface area contributed by atoms with E-state index in [0.717, 1.165) is 23.1 Å². The van der Waals surface area contributed by atoms with Gasteiger partial charge >= 0.3 is 6.09 Å². The molecule has 0 unspecified atom stereocenters. The normalized spacial score (nSPS) is 16.1. The summed E-state index contributed by atoms with van der Waals surface area (Å²) in [5.74, 6) is 0. The Morgan fingerprint density at radius 1 is 1.59 bits per heavy atom. The monoisotopic (exact) mass is 301 g/mol. The zero-order valence-electron chi connectivity index (χ0n) is 9.54. The molecule has 6 heteroatoms. The van der Waals surface area contributed by atoms with E-state index in [-0.39, 0.29) is 12.2 Å². The van der Waals surface area contributed by atoms with Crippen molar-refractivity contribution in [1.82, 2.24) is 15.3 Å². The van der Waals surface area contributed by atoms with E-state index in [2.05, 4.69) is 31.2 Å². The second kappa shape index (κ2) is 6.05. The lowest BCUT2D eigenvalue weighted by atomic mass is 10.3. The molecule has 0 spiro atoms. The van der Waals surface area contributed by atoms with Gasteiger partial charge in [0.2, 0.25) is 0 Å². The molecule has 2 N–H and O–H groups in total. The van der Waals surface area contributed by atoms with Gasteiger partial charge in [0.05, 0.1) is 12.0 Å². The van der Waals surface area contributed by atoms with E-state index in [1.807, 2.05) is 0 Å². The molecule has 1 aliphatic rings. The molecule has 1 saturated carbocycles. The molecule has 1 fully saturated rings. The molecule has 1 aliphatic carbocycles. The summed E-state index contributed by atoms with van der Waals surface area (Å²) in [5, 5.41) is 2.75. The maximum Gasteiger partial charge on any atom is 0.407 e. The lowest BCUT2D eigenvalue weighted by molar-refractivity contribution is 0.101. The van der Waals surface area contributed by atoms with Crippen molar-refractivity contribution >= 4 is 22.0 Å². The third-order valence-corrected chi connectivity index (χ3v) is 3.57. The Morgan fingerprint density at radius 2 is 2.35 bits per heavy atom. The number of hydrogen-bond acceptors (Lipinski definition) is 3. The van der Waals surface area contributed by atoms with E-state index in [4.69, 9.17) is 4.74 Å². The van der Waals surface area contributed by atoms with Crippen molar-refractivity contribution in [3.63, 3.8) is 0 Å². The molecule has 1 amide bonds. The fourth-order valence-electron chi connectivity index (χ4n) is 1.97. The molecule has 1 aromatic rings. The third-order valence-electron chi connectivity index (χ3n) is 2.89. The van der Waals surface area contributed by atoms with Crippen LogP contribution in [-0.4, -0.2) is 28.7 Å². The van der Waals surface area contributed by atoms with Crippen LogP contribution >= 0.6 is 15.9 Å². The highest BCUT2D eigenvalue weighted by atomic mass is 79.9. The highest BCUT2D eigenvalue weighted by molar-refractivity contribution is 9.10. The summed E-state index contributed by atoms with van der Waals surface area (Å²) in [6, 6.07) is 0. The second-order valence-electron chi connectivity index (χ2n) is 4.16. The van der Waals surface area contributed by atoms with Crippen LogP contribution in [0, 0.1) is 0 Å². The van der Waals surface area contributed by atoms with Gasteiger partial charge in [0, 0.05) is 13.0 Å².